The van der Waals surface area contributed by atoms with Gasteiger partial charge in [0, 0.05) is 24.4 Å². The Kier molecular flexibility index (Phi) is 2.67. The number of carbonyl (C=O) groups is 2. The van der Waals surface area contributed by atoms with Gasteiger partial charge < -0.3 is 4.98 Å². The lowest BCUT2D eigenvalue weighted by Crippen LogP contribution is -2.39. The van der Waals surface area contributed by atoms with Gasteiger partial charge in [-0.05, 0) is 19.1 Å². The van der Waals surface area contributed by atoms with E-state index in [0.717, 1.165) is 5.69 Å². The molecule has 2 aromatic rings. The van der Waals surface area contributed by atoms with Crippen LogP contribution in [0, 0.1) is 0 Å². The molecular weight excluding hydrogens is 242 g/mol. The van der Waals surface area contributed by atoms with Gasteiger partial charge in [-0.15, -0.1) is 0 Å². The van der Waals surface area contributed by atoms with Crippen LogP contribution >= 0.6 is 0 Å². The molecule has 1 aliphatic rings. The third-order valence-corrected chi connectivity index (χ3v) is 3.34. The number of aromatic nitrogens is 2. The highest BCUT2D eigenvalue weighted by molar-refractivity contribution is 6.21. The van der Waals surface area contributed by atoms with Crippen LogP contribution in [-0.4, -0.2) is 32.7 Å². The number of hydrogen-bond donors (Lipinski definition) is 1. The van der Waals surface area contributed by atoms with E-state index in [1.807, 2.05) is 6.92 Å². The third-order valence-electron chi connectivity index (χ3n) is 3.34. The zero-order valence-electron chi connectivity index (χ0n) is 10.5. The molecule has 0 bridgehead atoms. The Hall–Kier alpha value is -2.43. The molecule has 1 aromatic carbocycles. The zero-order chi connectivity index (χ0) is 13.4. The SMILES string of the molecule is CC(Cc1cnc[nH]1)N1C(=O)c2ccccc2C1=O. The van der Waals surface area contributed by atoms with Crippen LogP contribution in [0.4, 0.5) is 0 Å². The van der Waals surface area contributed by atoms with Crippen LogP contribution in [0.25, 0.3) is 0 Å². The van der Waals surface area contributed by atoms with E-state index < -0.39 is 0 Å². The highest BCUT2D eigenvalue weighted by Gasteiger charge is 2.38. The van der Waals surface area contributed by atoms with Crippen molar-refractivity contribution in [3.8, 4) is 0 Å². The highest BCUT2D eigenvalue weighted by atomic mass is 16.2. The number of rotatable bonds is 3. The lowest BCUT2D eigenvalue weighted by atomic mass is 10.1. The van der Waals surface area contributed by atoms with Crippen molar-refractivity contribution in [1.29, 1.82) is 0 Å². The molecule has 1 N–H and O–H groups in total. The van der Waals surface area contributed by atoms with Gasteiger partial charge in [-0.3, -0.25) is 14.5 Å². The first-order valence-corrected chi connectivity index (χ1v) is 6.12. The average molecular weight is 255 g/mol. The summed E-state index contributed by atoms with van der Waals surface area (Å²) >= 11 is 0. The molecule has 96 valence electrons. The summed E-state index contributed by atoms with van der Waals surface area (Å²) in [5.74, 6) is -0.430. The Morgan fingerprint density at radius 3 is 2.37 bits per heavy atom. The Bertz CT molecular complexity index is 599. The van der Waals surface area contributed by atoms with Gasteiger partial charge in [0.15, 0.2) is 0 Å². The van der Waals surface area contributed by atoms with Crippen molar-refractivity contribution in [2.45, 2.75) is 19.4 Å². The fraction of sp³-hybridized carbons (Fsp3) is 0.214. The number of amides is 2. The van der Waals surface area contributed by atoms with Crippen LogP contribution in [0.2, 0.25) is 0 Å². The maximum atomic E-state index is 12.3. The molecule has 0 aliphatic carbocycles. The van der Waals surface area contributed by atoms with E-state index in [1.54, 1.807) is 36.8 Å². The number of nitrogens with zero attached hydrogens (tertiary/aromatic N) is 2. The molecule has 5 heteroatoms. The quantitative estimate of drug-likeness (QED) is 0.848. The molecule has 0 spiro atoms. The standard InChI is InChI=1S/C14H13N3O2/c1-9(6-10-7-15-8-16-10)17-13(18)11-4-2-3-5-12(11)14(17)19/h2-5,7-9H,6H2,1H3,(H,15,16). The summed E-state index contributed by atoms with van der Waals surface area (Å²) in [7, 11) is 0. The van der Waals surface area contributed by atoms with Gasteiger partial charge in [0.1, 0.15) is 0 Å². The molecule has 1 unspecified atom stereocenters. The van der Waals surface area contributed by atoms with E-state index >= 15 is 0 Å². The van der Waals surface area contributed by atoms with Crippen molar-refractivity contribution >= 4 is 11.8 Å². The van der Waals surface area contributed by atoms with Gasteiger partial charge >= 0.3 is 0 Å². The molecule has 0 radical (unpaired) electrons. The first kappa shape index (κ1) is 11.6. The molecule has 0 fully saturated rings. The predicted molar refractivity (Wildman–Crippen MR) is 68.7 cm³/mol. The van der Waals surface area contributed by atoms with Gasteiger partial charge in [0.05, 0.1) is 17.5 Å². The van der Waals surface area contributed by atoms with E-state index in [1.165, 1.54) is 4.90 Å². The van der Waals surface area contributed by atoms with E-state index in [4.69, 9.17) is 0 Å². The summed E-state index contributed by atoms with van der Waals surface area (Å²) in [6, 6.07) is 6.73. The topological polar surface area (TPSA) is 66.1 Å². The summed E-state index contributed by atoms with van der Waals surface area (Å²) in [5.41, 5.74) is 1.89. The molecule has 19 heavy (non-hydrogen) atoms. The number of fused-ring (bicyclic) bond motifs is 1. The van der Waals surface area contributed by atoms with Gasteiger partial charge in [0.25, 0.3) is 11.8 Å². The molecule has 3 rings (SSSR count). The minimum absolute atomic E-state index is 0.201. The van der Waals surface area contributed by atoms with Gasteiger partial charge in [0.2, 0.25) is 0 Å². The number of imidazole rings is 1. The number of hydrogen-bond acceptors (Lipinski definition) is 3. The molecule has 0 saturated heterocycles. The van der Waals surface area contributed by atoms with Gasteiger partial charge in [-0.1, -0.05) is 12.1 Å². The van der Waals surface area contributed by atoms with Gasteiger partial charge in [-0.25, -0.2) is 4.98 Å². The number of carbonyl (C=O) groups excluding carboxylic acids is 2. The first-order chi connectivity index (χ1) is 9.18. The maximum Gasteiger partial charge on any atom is 0.261 e. The predicted octanol–water partition coefficient (Wildman–Crippen LogP) is 1.64. The van der Waals surface area contributed by atoms with E-state index in [-0.39, 0.29) is 17.9 Å². The first-order valence-electron chi connectivity index (χ1n) is 6.12. The molecule has 1 aliphatic heterocycles. The minimum atomic E-state index is -0.215. The zero-order valence-corrected chi connectivity index (χ0v) is 10.5. The summed E-state index contributed by atoms with van der Waals surface area (Å²) < 4.78 is 0. The molecule has 1 atom stereocenters. The maximum absolute atomic E-state index is 12.3. The van der Waals surface area contributed by atoms with Crippen LogP contribution in [0.5, 0.6) is 0 Å². The Balaban J connectivity index is 1.87. The molecule has 0 saturated carbocycles. The number of imide groups is 1. The van der Waals surface area contributed by atoms with Crippen LogP contribution in [0.3, 0.4) is 0 Å². The lowest BCUT2D eigenvalue weighted by Gasteiger charge is -2.21. The molecule has 1 aromatic heterocycles. The Labute approximate surface area is 110 Å². The van der Waals surface area contributed by atoms with Crippen LogP contribution < -0.4 is 0 Å². The van der Waals surface area contributed by atoms with E-state index in [9.17, 15) is 9.59 Å². The minimum Gasteiger partial charge on any atom is -0.348 e. The van der Waals surface area contributed by atoms with Crippen molar-refractivity contribution in [2.75, 3.05) is 0 Å². The second-order valence-electron chi connectivity index (χ2n) is 4.66. The normalized spacial score (nSPS) is 15.7. The summed E-state index contributed by atoms with van der Waals surface area (Å²) in [6.07, 6.45) is 3.87. The second kappa shape index (κ2) is 4.35. The molecule has 5 nitrogen and oxygen atoms in total. The van der Waals surface area contributed by atoms with Crippen LogP contribution in [0.15, 0.2) is 36.8 Å². The summed E-state index contributed by atoms with van der Waals surface area (Å²) in [6.45, 7) is 1.86. The largest absolute Gasteiger partial charge is 0.348 e. The van der Waals surface area contributed by atoms with Crippen LogP contribution in [-0.2, 0) is 6.42 Å². The van der Waals surface area contributed by atoms with Crippen LogP contribution in [0.1, 0.15) is 33.3 Å². The fourth-order valence-corrected chi connectivity index (χ4v) is 2.41. The van der Waals surface area contributed by atoms with Crippen molar-refractivity contribution in [3.63, 3.8) is 0 Å². The van der Waals surface area contributed by atoms with E-state index in [0.29, 0.717) is 17.5 Å². The van der Waals surface area contributed by atoms with Crippen molar-refractivity contribution in [2.24, 2.45) is 0 Å². The number of benzene rings is 1. The Morgan fingerprint density at radius 1 is 1.21 bits per heavy atom. The smallest absolute Gasteiger partial charge is 0.261 e. The number of aromatic amines is 1. The summed E-state index contributed by atoms with van der Waals surface area (Å²) in [5, 5.41) is 0. The molecule has 2 heterocycles. The monoisotopic (exact) mass is 255 g/mol. The molecular formula is C14H13N3O2. The highest BCUT2D eigenvalue weighted by Crippen LogP contribution is 2.25. The average Bonchev–Trinajstić information content (AvgIpc) is 2.99. The lowest BCUT2D eigenvalue weighted by molar-refractivity contribution is 0.0596. The number of nitrogens with one attached hydrogen (secondary N) is 1. The fourth-order valence-electron chi connectivity index (χ4n) is 2.41. The van der Waals surface area contributed by atoms with Crippen molar-refractivity contribution < 1.29 is 9.59 Å². The summed E-state index contributed by atoms with van der Waals surface area (Å²) in [4.78, 5) is 32.8. The van der Waals surface area contributed by atoms with Crippen molar-refractivity contribution in [3.05, 3.63) is 53.6 Å². The Morgan fingerprint density at radius 2 is 1.84 bits per heavy atom. The molecule has 2 amide bonds. The van der Waals surface area contributed by atoms with E-state index in [2.05, 4.69) is 9.97 Å². The number of H-pyrrole nitrogens is 1. The third kappa shape index (κ3) is 1.83. The second-order valence-corrected chi connectivity index (χ2v) is 4.66. The van der Waals surface area contributed by atoms with Crippen molar-refractivity contribution in [1.82, 2.24) is 14.9 Å². The van der Waals surface area contributed by atoms with Gasteiger partial charge in [-0.2, -0.15) is 0 Å².